The maximum Gasteiger partial charge on any atom is 0.306 e. The number of rotatable bonds is 10. The monoisotopic (exact) mass is 686 g/mol. The highest BCUT2D eigenvalue weighted by molar-refractivity contribution is 7.96. The number of benzene rings is 4. The van der Waals surface area contributed by atoms with Crippen molar-refractivity contribution in [3.63, 3.8) is 0 Å². The summed E-state index contributed by atoms with van der Waals surface area (Å²) in [6.07, 6.45) is 0.852. The van der Waals surface area contributed by atoms with Gasteiger partial charge in [0.1, 0.15) is 28.8 Å². The zero-order valence-corrected chi connectivity index (χ0v) is 28.5. The Morgan fingerprint density at radius 1 is 0.778 bits per heavy atom. The first-order valence-corrected chi connectivity index (χ1v) is 17.0. The molecule has 1 saturated heterocycles. The van der Waals surface area contributed by atoms with Gasteiger partial charge in [0.2, 0.25) is 5.91 Å². The highest BCUT2D eigenvalue weighted by Gasteiger charge is 2.58. The average molecular weight is 688 g/mol. The van der Waals surface area contributed by atoms with E-state index in [1.807, 2.05) is 47.4 Å². The number of nitrogens with one attached hydrogen (secondary N) is 1. The molecule has 234 valence electrons. The zero-order chi connectivity index (χ0) is 31.2. The molecule has 0 aromatic heterocycles. The van der Waals surface area contributed by atoms with Crippen molar-refractivity contribution >= 4 is 46.6 Å². The molecule has 1 aliphatic heterocycles. The van der Waals surface area contributed by atoms with E-state index in [2.05, 4.69) is 78.1 Å². The van der Waals surface area contributed by atoms with Gasteiger partial charge in [0, 0.05) is 31.6 Å². The predicted octanol–water partition coefficient (Wildman–Crippen LogP) is 2.85. The highest BCUT2D eigenvalue weighted by atomic mass is 79.9. The molecule has 1 fully saturated rings. The van der Waals surface area contributed by atoms with Crippen molar-refractivity contribution in [1.29, 1.82) is 0 Å². The highest BCUT2D eigenvalue weighted by Crippen LogP contribution is 2.62. The molecule has 0 unspecified atom stereocenters. The minimum atomic E-state index is -2.32. The van der Waals surface area contributed by atoms with Crippen LogP contribution in [0.4, 0.5) is 5.69 Å². The summed E-state index contributed by atoms with van der Waals surface area (Å²) in [7, 11) is -2.32. The molecule has 0 radical (unpaired) electrons. The maximum atomic E-state index is 14.4. The lowest BCUT2D eigenvalue weighted by molar-refractivity contribution is -0.155. The molecule has 0 spiro atoms. The van der Waals surface area contributed by atoms with Gasteiger partial charge >= 0.3 is 5.97 Å². The molecule has 0 bridgehead atoms. The van der Waals surface area contributed by atoms with Gasteiger partial charge in [-0.2, -0.15) is 0 Å². The second kappa shape index (κ2) is 15.0. The Morgan fingerprint density at radius 2 is 1.27 bits per heavy atom. The number of hydrogen-bond acceptors (Lipinski definition) is 4. The van der Waals surface area contributed by atoms with Crippen LogP contribution >= 0.6 is 7.26 Å². The number of halogens is 1. The Morgan fingerprint density at radius 3 is 1.73 bits per heavy atom. The van der Waals surface area contributed by atoms with Crippen LogP contribution in [0.2, 0.25) is 0 Å². The van der Waals surface area contributed by atoms with Gasteiger partial charge in [-0.15, -0.1) is 0 Å². The van der Waals surface area contributed by atoms with Crippen molar-refractivity contribution in [3.8, 4) is 0 Å². The molecule has 45 heavy (non-hydrogen) atoms. The van der Waals surface area contributed by atoms with Crippen LogP contribution < -0.4 is 38.2 Å². The van der Waals surface area contributed by atoms with E-state index < -0.39 is 18.8 Å². The fourth-order valence-corrected chi connectivity index (χ4v) is 10.9. The number of carbonyl (C=O) groups excluding carboxylic acids is 3. The van der Waals surface area contributed by atoms with E-state index in [1.54, 1.807) is 20.8 Å². The average Bonchev–Trinajstić information content (AvgIpc) is 3.38. The van der Waals surface area contributed by atoms with Crippen molar-refractivity contribution < 1.29 is 36.1 Å². The molecular formula is C37H40BrN2O4P. The van der Waals surface area contributed by atoms with E-state index in [0.717, 1.165) is 12.0 Å². The summed E-state index contributed by atoms with van der Waals surface area (Å²) in [4.78, 5) is 40.7. The standard InChI is InChI=1S/C37H39N2O4P.BrH/c1-37(2,3)43-35(41)24-23-34(40)38-29-21-19-28(20-22-29)27-39-26-25-33(36(39)42)44(30-13-7-4-8-14-30,31-15-9-5-10-16-31)32-17-11-6-12-18-32;/h4-22,33H,23-27H2,1-3H3;1H/t33-;/m1./s1. The van der Waals surface area contributed by atoms with Gasteiger partial charge in [-0.05, 0) is 74.9 Å². The van der Waals surface area contributed by atoms with Crippen molar-refractivity contribution in [1.82, 2.24) is 4.90 Å². The minimum Gasteiger partial charge on any atom is -1.00 e. The van der Waals surface area contributed by atoms with Crippen LogP contribution in [-0.2, 0) is 25.7 Å². The fraction of sp³-hybridized carbons (Fsp3) is 0.270. The predicted molar refractivity (Wildman–Crippen MR) is 179 cm³/mol. The second-order valence-corrected chi connectivity index (χ2v) is 15.7. The molecule has 8 heteroatoms. The first-order valence-electron chi connectivity index (χ1n) is 15.1. The quantitative estimate of drug-likeness (QED) is 0.206. The number of likely N-dealkylation sites (tertiary alicyclic amines) is 1. The topological polar surface area (TPSA) is 75.7 Å². The molecule has 6 nitrogen and oxygen atoms in total. The first-order chi connectivity index (χ1) is 21.2. The molecule has 1 atom stereocenters. The van der Waals surface area contributed by atoms with E-state index >= 15 is 0 Å². The number of carbonyl (C=O) groups is 3. The molecule has 5 rings (SSSR count). The summed E-state index contributed by atoms with van der Waals surface area (Å²) in [6, 6.07) is 39.2. The number of ether oxygens (including phenoxy) is 1. The Balaban J connectivity index is 0.00000461. The number of amides is 2. The van der Waals surface area contributed by atoms with E-state index in [1.165, 1.54) is 15.9 Å². The molecule has 4 aromatic carbocycles. The smallest absolute Gasteiger partial charge is 0.306 e. The van der Waals surface area contributed by atoms with Crippen LogP contribution in [0, 0.1) is 0 Å². The van der Waals surface area contributed by atoms with E-state index in [4.69, 9.17) is 4.74 Å². The Kier molecular flexibility index (Phi) is 11.4. The fourth-order valence-electron chi connectivity index (χ4n) is 5.96. The summed E-state index contributed by atoms with van der Waals surface area (Å²) in [5.41, 5.74) is 0.899. The molecule has 1 aliphatic rings. The molecule has 1 heterocycles. The van der Waals surface area contributed by atoms with Gasteiger partial charge in [0.25, 0.3) is 5.91 Å². The SMILES string of the molecule is CC(C)(C)OC(=O)CCC(=O)Nc1ccc(CN2CC[C@@H]([P+](c3ccccc3)(c3ccccc3)c3ccccc3)C2=O)cc1.[Br-]. The normalized spacial score (nSPS) is 14.9. The Hall–Kier alpha value is -3.80. The zero-order valence-electron chi connectivity index (χ0n) is 26.0. The van der Waals surface area contributed by atoms with Crippen molar-refractivity contribution in [2.75, 3.05) is 11.9 Å². The van der Waals surface area contributed by atoms with Gasteiger partial charge in [0.05, 0.1) is 6.42 Å². The molecule has 0 aliphatic carbocycles. The van der Waals surface area contributed by atoms with Crippen LogP contribution in [0.15, 0.2) is 115 Å². The molecular weight excluding hydrogens is 647 g/mol. The van der Waals surface area contributed by atoms with E-state index in [9.17, 15) is 14.4 Å². The number of nitrogens with zero attached hydrogens (tertiary/aromatic N) is 1. The molecule has 2 amide bonds. The van der Waals surface area contributed by atoms with Crippen LogP contribution in [0.3, 0.4) is 0 Å². The van der Waals surface area contributed by atoms with E-state index in [0.29, 0.717) is 18.8 Å². The van der Waals surface area contributed by atoms with Gasteiger partial charge in [-0.3, -0.25) is 14.4 Å². The maximum absolute atomic E-state index is 14.4. The second-order valence-electron chi connectivity index (χ2n) is 12.1. The lowest BCUT2D eigenvalue weighted by Gasteiger charge is -2.32. The van der Waals surface area contributed by atoms with Crippen LogP contribution in [0.1, 0.15) is 45.6 Å². The van der Waals surface area contributed by atoms with Crippen molar-refractivity contribution in [2.24, 2.45) is 0 Å². The Bertz CT molecular complexity index is 1480. The summed E-state index contributed by atoms with van der Waals surface area (Å²) < 4.78 is 5.28. The third kappa shape index (κ3) is 8.08. The number of anilines is 1. The lowest BCUT2D eigenvalue weighted by Crippen LogP contribution is -3.00. The van der Waals surface area contributed by atoms with E-state index in [-0.39, 0.29) is 47.3 Å². The molecule has 0 saturated carbocycles. The van der Waals surface area contributed by atoms with Crippen LogP contribution in [0.25, 0.3) is 0 Å². The summed E-state index contributed by atoms with van der Waals surface area (Å²) in [6.45, 7) is 6.59. The van der Waals surface area contributed by atoms with Gasteiger partial charge in [-0.1, -0.05) is 66.7 Å². The molecule has 4 aromatic rings. The first kappa shape index (κ1) is 34.1. The third-order valence-corrected chi connectivity index (χ3v) is 12.6. The summed E-state index contributed by atoms with van der Waals surface area (Å²) in [5.74, 6) is -0.464. The summed E-state index contributed by atoms with van der Waals surface area (Å²) in [5, 5.41) is 6.49. The largest absolute Gasteiger partial charge is 1.00 e. The van der Waals surface area contributed by atoms with Crippen molar-refractivity contribution in [2.45, 2.75) is 57.8 Å². The summed E-state index contributed by atoms with van der Waals surface area (Å²) >= 11 is 0. The van der Waals surface area contributed by atoms with Gasteiger partial charge < -0.3 is 31.9 Å². The van der Waals surface area contributed by atoms with Crippen molar-refractivity contribution in [3.05, 3.63) is 121 Å². The number of esters is 1. The van der Waals surface area contributed by atoms with Gasteiger partial charge in [0.15, 0.2) is 5.66 Å². The van der Waals surface area contributed by atoms with Gasteiger partial charge in [-0.25, -0.2) is 0 Å². The Labute approximate surface area is 277 Å². The third-order valence-electron chi connectivity index (χ3n) is 7.81. The lowest BCUT2D eigenvalue weighted by atomic mass is 10.2. The van der Waals surface area contributed by atoms with Crippen LogP contribution in [0.5, 0.6) is 0 Å². The minimum absolute atomic E-state index is 0. The number of hydrogen-bond donors (Lipinski definition) is 1. The molecule has 1 N–H and O–H groups in total. The van der Waals surface area contributed by atoms with Crippen LogP contribution in [-0.4, -0.2) is 40.5 Å².